The zero-order valence-corrected chi connectivity index (χ0v) is 28.0. The SMILES string of the molecule is c1ccc(N(c2ccccc2)c2cccc(Nc3ccc(-c4cccc5c4-c4ccccc4C54c5ccccc5-c5ccccc54)cc3)c2)cc1. The fraction of sp³-hybridized carbons (Fsp3) is 0.0204. The second-order valence-corrected chi connectivity index (χ2v) is 13.4. The molecule has 2 heteroatoms. The molecule has 0 saturated heterocycles. The van der Waals surface area contributed by atoms with E-state index < -0.39 is 0 Å². The van der Waals surface area contributed by atoms with Gasteiger partial charge >= 0.3 is 0 Å². The zero-order valence-electron chi connectivity index (χ0n) is 28.0. The van der Waals surface area contributed by atoms with Crippen molar-refractivity contribution in [3.05, 3.63) is 222 Å². The van der Waals surface area contributed by atoms with E-state index in [1.807, 2.05) is 0 Å². The van der Waals surface area contributed by atoms with Gasteiger partial charge in [0.2, 0.25) is 0 Å². The molecule has 1 N–H and O–H groups in total. The maximum atomic E-state index is 3.68. The Hall–Kier alpha value is -6.64. The lowest BCUT2D eigenvalue weighted by Gasteiger charge is -2.30. The summed E-state index contributed by atoms with van der Waals surface area (Å²) in [4.78, 5) is 2.29. The third kappa shape index (κ3) is 4.50. The van der Waals surface area contributed by atoms with Crippen LogP contribution < -0.4 is 10.2 Å². The molecule has 0 fully saturated rings. The van der Waals surface area contributed by atoms with Gasteiger partial charge in [0.1, 0.15) is 0 Å². The Bertz CT molecular complexity index is 2470. The van der Waals surface area contributed by atoms with Gasteiger partial charge in [-0.3, -0.25) is 0 Å². The number of hydrogen-bond donors (Lipinski definition) is 1. The summed E-state index contributed by atoms with van der Waals surface area (Å²) in [7, 11) is 0. The topological polar surface area (TPSA) is 15.3 Å². The highest BCUT2D eigenvalue weighted by molar-refractivity contribution is 6.00. The fourth-order valence-corrected chi connectivity index (χ4v) is 8.61. The van der Waals surface area contributed by atoms with E-state index in [-0.39, 0.29) is 5.41 Å². The molecule has 0 bridgehead atoms. The third-order valence-corrected chi connectivity index (χ3v) is 10.6. The van der Waals surface area contributed by atoms with Crippen molar-refractivity contribution >= 4 is 28.4 Å². The van der Waals surface area contributed by atoms with Crippen molar-refractivity contribution in [3.8, 4) is 33.4 Å². The van der Waals surface area contributed by atoms with Crippen molar-refractivity contribution in [1.29, 1.82) is 0 Å². The minimum atomic E-state index is -0.338. The van der Waals surface area contributed by atoms with Gasteiger partial charge in [-0.2, -0.15) is 0 Å². The Morgan fingerprint density at radius 1 is 0.333 bits per heavy atom. The largest absolute Gasteiger partial charge is 0.355 e. The molecule has 2 aliphatic carbocycles. The smallest absolute Gasteiger partial charge is 0.0725 e. The van der Waals surface area contributed by atoms with Crippen LogP contribution in [0, 0.1) is 0 Å². The predicted molar refractivity (Wildman–Crippen MR) is 213 cm³/mol. The van der Waals surface area contributed by atoms with E-state index in [4.69, 9.17) is 0 Å². The maximum absolute atomic E-state index is 3.68. The second-order valence-electron chi connectivity index (χ2n) is 13.4. The molecule has 2 aliphatic rings. The summed E-state index contributed by atoms with van der Waals surface area (Å²) < 4.78 is 0. The van der Waals surface area contributed by atoms with Crippen molar-refractivity contribution < 1.29 is 0 Å². The van der Waals surface area contributed by atoms with Crippen LogP contribution in [0.4, 0.5) is 28.4 Å². The van der Waals surface area contributed by atoms with E-state index in [1.54, 1.807) is 0 Å². The first-order valence-corrected chi connectivity index (χ1v) is 17.6. The summed E-state index contributed by atoms with van der Waals surface area (Å²) in [6.45, 7) is 0. The van der Waals surface area contributed by atoms with Crippen LogP contribution >= 0.6 is 0 Å². The van der Waals surface area contributed by atoms with E-state index in [0.717, 1.165) is 28.4 Å². The average Bonchev–Trinajstić information content (AvgIpc) is 3.67. The molecule has 2 nitrogen and oxygen atoms in total. The Morgan fingerprint density at radius 2 is 0.804 bits per heavy atom. The second kappa shape index (κ2) is 11.8. The van der Waals surface area contributed by atoms with E-state index >= 15 is 0 Å². The number of para-hydroxylation sites is 2. The minimum Gasteiger partial charge on any atom is -0.355 e. The molecule has 0 amide bonds. The quantitative estimate of drug-likeness (QED) is 0.193. The average molecular weight is 651 g/mol. The molecule has 0 atom stereocenters. The van der Waals surface area contributed by atoms with Crippen molar-refractivity contribution in [3.63, 3.8) is 0 Å². The number of nitrogens with one attached hydrogen (secondary N) is 1. The first-order valence-electron chi connectivity index (χ1n) is 17.6. The molecule has 0 heterocycles. The van der Waals surface area contributed by atoms with Crippen LogP contribution in [0.25, 0.3) is 33.4 Å². The highest BCUT2D eigenvalue weighted by Crippen LogP contribution is 2.63. The van der Waals surface area contributed by atoms with Crippen molar-refractivity contribution in [1.82, 2.24) is 0 Å². The van der Waals surface area contributed by atoms with Gasteiger partial charge in [0.05, 0.1) is 5.41 Å². The van der Waals surface area contributed by atoms with Crippen molar-refractivity contribution in [2.75, 3.05) is 10.2 Å². The van der Waals surface area contributed by atoms with E-state index in [2.05, 4.69) is 210 Å². The van der Waals surface area contributed by atoms with Gasteiger partial charge in [-0.05, 0) is 110 Å². The Morgan fingerprint density at radius 3 is 1.43 bits per heavy atom. The summed E-state index contributed by atoms with van der Waals surface area (Å²) in [6.07, 6.45) is 0. The molecule has 0 radical (unpaired) electrons. The normalized spacial score (nSPS) is 12.9. The third-order valence-electron chi connectivity index (χ3n) is 10.6. The molecule has 0 saturated carbocycles. The standard InChI is InChI=1S/C49H34N2/c1-3-16-37(17-4-1)51(38-18-5-2-6-19-38)39-20-13-15-36(33-39)50-35-31-29-34(30-32-35)40-24-14-28-47-48(40)43-23-9-12-27-46(43)49(47)44-25-10-7-21-41(44)42-22-8-11-26-45(42)49/h1-33,50H. The maximum Gasteiger partial charge on any atom is 0.0725 e. The van der Waals surface area contributed by atoms with Crippen molar-refractivity contribution in [2.24, 2.45) is 0 Å². The summed E-state index contributed by atoms with van der Waals surface area (Å²) in [5, 5.41) is 3.68. The van der Waals surface area contributed by atoms with Crippen LogP contribution in [-0.4, -0.2) is 0 Å². The van der Waals surface area contributed by atoms with E-state index in [9.17, 15) is 0 Å². The number of nitrogens with zero attached hydrogens (tertiary/aromatic N) is 1. The Labute approximate surface area is 298 Å². The van der Waals surface area contributed by atoms with Crippen LogP contribution in [-0.2, 0) is 5.41 Å². The number of anilines is 5. The molecule has 10 rings (SSSR count). The zero-order chi connectivity index (χ0) is 33.8. The number of fused-ring (bicyclic) bond motifs is 10. The van der Waals surface area contributed by atoms with Gasteiger partial charge in [0.15, 0.2) is 0 Å². The van der Waals surface area contributed by atoms with Crippen LogP contribution in [0.5, 0.6) is 0 Å². The van der Waals surface area contributed by atoms with Crippen LogP contribution in [0.2, 0.25) is 0 Å². The lowest BCUT2D eigenvalue weighted by molar-refractivity contribution is 0.794. The van der Waals surface area contributed by atoms with Crippen LogP contribution in [0.15, 0.2) is 200 Å². The van der Waals surface area contributed by atoms with Gasteiger partial charge < -0.3 is 10.2 Å². The van der Waals surface area contributed by atoms with Crippen molar-refractivity contribution in [2.45, 2.75) is 5.41 Å². The fourth-order valence-electron chi connectivity index (χ4n) is 8.61. The Kier molecular flexibility index (Phi) is 6.75. The lowest BCUT2D eigenvalue weighted by atomic mass is 9.70. The highest BCUT2D eigenvalue weighted by atomic mass is 15.1. The molecule has 0 aromatic heterocycles. The van der Waals surface area contributed by atoms with Crippen LogP contribution in [0.3, 0.4) is 0 Å². The molecule has 8 aromatic rings. The number of hydrogen-bond acceptors (Lipinski definition) is 2. The Balaban J connectivity index is 1.03. The summed E-state index contributed by atoms with van der Waals surface area (Å²) in [5.41, 5.74) is 18.3. The molecule has 240 valence electrons. The molecule has 0 unspecified atom stereocenters. The number of benzene rings is 8. The summed E-state index contributed by atoms with van der Waals surface area (Å²) in [6, 6.07) is 72.5. The summed E-state index contributed by atoms with van der Waals surface area (Å²) >= 11 is 0. The van der Waals surface area contributed by atoms with Gasteiger partial charge in [-0.25, -0.2) is 0 Å². The highest BCUT2D eigenvalue weighted by Gasteiger charge is 2.51. The van der Waals surface area contributed by atoms with E-state index in [1.165, 1.54) is 55.6 Å². The molecule has 8 aromatic carbocycles. The molecule has 51 heavy (non-hydrogen) atoms. The van der Waals surface area contributed by atoms with Crippen LogP contribution in [0.1, 0.15) is 22.3 Å². The van der Waals surface area contributed by atoms with E-state index in [0.29, 0.717) is 0 Å². The summed E-state index contributed by atoms with van der Waals surface area (Å²) in [5.74, 6) is 0. The lowest BCUT2D eigenvalue weighted by Crippen LogP contribution is -2.25. The minimum absolute atomic E-state index is 0.338. The molecule has 1 spiro atoms. The predicted octanol–water partition coefficient (Wildman–Crippen LogP) is 12.9. The number of rotatable bonds is 6. The van der Waals surface area contributed by atoms with Gasteiger partial charge in [0.25, 0.3) is 0 Å². The molecular weight excluding hydrogens is 617 g/mol. The van der Waals surface area contributed by atoms with Gasteiger partial charge in [-0.1, -0.05) is 146 Å². The molecular formula is C49H34N2. The van der Waals surface area contributed by atoms with Gasteiger partial charge in [-0.15, -0.1) is 0 Å². The first kappa shape index (κ1) is 29.3. The molecule has 0 aliphatic heterocycles. The van der Waals surface area contributed by atoms with Gasteiger partial charge in [0, 0.05) is 28.4 Å². The monoisotopic (exact) mass is 650 g/mol. The first-order chi connectivity index (χ1) is 25.3.